The zero-order valence-electron chi connectivity index (χ0n) is 17.0. The summed E-state index contributed by atoms with van der Waals surface area (Å²) in [5.74, 6) is -0.447. The fourth-order valence-corrected chi connectivity index (χ4v) is 7.60. The van der Waals surface area contributed by atoms with E-state index in [2.05, 4.69) is 4.98 Å². The molecule has 32 heavy (non-hydrogen) atoms. The molecular formula is C23H20N2O4S3. The van der Waals surface area contributed by atoms with E-state index in [1.807, 2.05) is 48.5 Å². The number of ether oxygens (including phenoxy) is 1. The third-order valence-electron chi connectivity index (χ3n) is 5.48. The van der Waals surface area contributed by atoms with Gasteiger partial charge in [-0.2, -0.15) is 4.31 Å². The molecule has 0 aliphatic carbocycles. The summed E-state index contributed by atoms with van der Waals surface area (Å²) in [5.41, 5.74) is 2.79. The maximum absolute atomic E-state index is 13.3. The average molecular weight is 485 g/mol. The van der Waals surface area contributed by atoms with Crippen molar-refractivity contribution < 1.29 is 17.9 Å². The van der Waals surface area contributed by atoms with Crippen molar-refractivity contribution in [2.45, 2.75) is 29.7 Å². The summed E-state index contributed by atoms with van der Waals surface area (Å²) in [6.07, 6.45) is 0.560. The van der Waals surface area contributed by atoms with Gasteiger partial charge >= 0.3 is 5.97 Å². The number of aromatic nitrogens is 1. The fraction of sp³-hybridized carbons (Fsp3) is 0.217. The molecule has 0 unspecified atom stereocenters. The van der Waals surface area contributed by atoms with Crippen LogP contribution in [0.5, 0.6) is 0 Å². The molecule has 0 bridgehead atoms. The summed E-state index contributed by atoms with van der Waals surface area (Å²) in [6, 6.07) is 18.2. The first-order chi connectivity index (χ1) is 15.5. The van der Waals surface area contributed by atoms with Gasteiger partial charge in [0, 0.05) is 6.54 Å². The van der Waals surface area contributed by atoms with Crippen LogP contribution < -0.4 is 0 Å². The van der Waals surface area contributed by atoms with Crippen molar-refractivity contribution >= 4 is 48.9 Å². The van der Waals surface area contributed by atoms with Gasteiger partial charge in [-0.25, -0.2) is 13.4 Å². The lowest BCUT2D eigenvalue weighted by molar-refractivity contribution is -0.146. The Hall–Kier alpha value is -2.59. The third kappa shape index (κ3) is 4.09. The van der Waals surface area contributed by atoms with Gasteiger partial charge in [0.05, 0.1) is 22.7 Å². The normalized spacial score (nSPS) is 16.7. The standard InChI is InChI=1S/C23H20N2O4S3/c26-22(29-15-21-24-18-8-3-4-9-20(18)31-21)14-19-17-7-2-1-6-16(17)11-12-25(19)32(27,28)23-10-5-13-30-23/h1-10,13,19H,11-12,14-15H2/t19-/m0/s1. The quantitative estimate of drug-likeness (QED) is 0.368. The molecule has 1 aliphatic rings. The lowest BCUT2D eigenvalue weighted by Crippen LogP contribution is -2.40. The van der Waals surface area contributed by atoms with Crippen molar-refractivity contribution in [2.24, 2.45) is 0 Å². The van der Waals surface area contributed by atoms with E-state index in [9.17, 15) is 13.2 Å². The van der Waals surface area contributed by atoms with E-state index in [-0.39, 0.29) is 17.2 Å². The molecule has 2 aromatic carbocycles. The molecule has 0 spiro atoms. The van der Waals surface area contributed by atoms with Gasteiger partial charge < -0.3 is 4.74 Å². The number of esters is 1. The second kappa shape index (κ2) is 8.74. The molecule has 0 radical (unpaired) electrons. The summed E-state index contributed by atoms with van der Waals surface area (Å²) in [4.78, 5) is 17.3. The van der Waals surface area contributed by atoms with Gasteiger partial charge in [-0.05, 0) is 41.1 Å². The molecule has 5 rings (SSSR count). The van der Waals surface area contributed by atoms with Gasteiger partial charge in [-0.1, -0.05) is 42.5 Å². The highest BCUT2D eigenvalue weighted by Crippen LogP contribution is 2.37. The number of carbonyl (C=O) groups is 1. The summed E-state index contributed by atoms with van der Waals surface area (Å²) in [6.45, 7) is 0.400. The Morgan fingerprint density at radius 3 is 2.72 bits per heavy atom. The Balaban J connectivity index is 1.37. The van der Waals surface area contributed by atoms with Crippen LogP contribution >= 0.6 is 22.7 Å². The number of rotatable bonds is 6. The van der Waals surface area contributed by atoms with E-state index >= 15 is 0 Å². The minimum Gasteiger partial charge on any atom is -0.458 e. The molecule has 0 saturated heterocycles. The van der Waals surface area contributed by atoms with Gasteiger partial charge in [0.2, 0.25) is 0 Å². The Morgan fingerprint density at radius 2 is 1.91 bits per heavy atom. The second-order valence-electron chi connectivity index (χ2n) is 7.45. The molecule has 1 atom stereocenters. The number of para-hydroxylation sites is 1. The fourth-order valence-electron chi connectivity index (χ4n) is 3.99. The number of thiophene rings is 1. The maximum Gasteiger partial charge on any atom is 0.308 e. The number of hydrogen-bond acceptors (Lipinski definition) is 7. The van der Waals surface area contributed by atoms with Gasteiger partial charge in [0.15, 0.2) is 0 Å². The smallest absolute Gasteiger partial charge is 0.308 e. The SMILES string of the molecule is O=C(C[C@H]1c2ccccc2CCN1S(=O)(=O)c1cccs1)OCc1nc2ccccc2s1. The molecule has 6 nitrogen and oxygen atoms in total. The predicted molar refractivity (Wildman–Crippen MR) is 125 cm³/mol. The lowest BCUT2D eigenvalue weighted by atomic mass is 9.92. The third-order valence-corrected chi connectivity index (χ3v) is 9.77. The van der Waals surface area contributed by atoms with Crippen molar-refractivity contribution in [3.05, 3.63) is 82.2 Å². The Kier molecular flexibility index (Phi) is 5.81. The van der Waals surface area contributed by atoms with Gasteiger partial charge in [-0.15, -0.1) is 22.7 Å². The molecule has 3 heterocycles. The van der Waals surface area contributed by atoms with Crippen molar-refractivity contribution in [1.82, 2.24) is 9.29 Å². The van der Waals surface area contributed by atoms with Crippen molar-refractivity contribution in [3.8, 4) is 0 Å². The van der Waals surface area contributed by atoms with Crippen molar-refractivity contribution in [2.75, 3.05) is 6.54 Å². The molecule has 9 heteroatoms. The van der Waals surface area contributed by atoms with Crippen molar-refractivity contribution in [3.63, 3.8) is 0 Å². The minimum absolute atomic E-state index is 0.0491. The molecule has 0 fully saturated rings. The lowest BCUT2D eigenvalue weighted by Gasteiger charge is -2.35. The Labute approximate surface area is 194 Å². The number of fused-ring (bicyclic) bond motifs is 2. The van der Waals surface area contributed by atoms with Crippen molar-refractivity contribution in [1.29, 1.82) is 0 Å². The number of sulfonamides is 1. The summed E-state index contributed by atoms with van der Waals surface area (Å²) in [5, 5.41) is 2.46. The summed E-state index contributed by atoms with van der Waals surface area (Å²) in [7, 11) is -3.71. The molecular weight excluding hydrogens is 464 g/mol. The Bertz CT molecular complexity index is 1330. The topological polar surface area (TPSA) is 76.6 Å². The van der Waals surface area contributed by atoms with E-state index in [4.69, 9.17) is 4.74 Å². The summed E-state index contributed by atoms with van der Waals surface area (Å²) < 4.78 is 34.9. The van der Waals surface area contributed by atoms with Gasteiger partial charge in [-0.3, -0.25) is 4.79 Å². The molecule has 0 N–H and O–H groups in total. The first-order valence-electron chi connectivity index (χ1n) is 10.2. The van der Waals surface area contributed by atoms with Crippen LogP contribution in [-0.4, -0.2) is 30.2 Å². The van der Waals surface area contributed by atoms with E-state index in [0.717, 1.165) is 21.3 Å². The number of carbonyl (C=O) groups excluding carboxylic acids is 1. The summed E-state index contributed by atoms with van der Waals surface area (Å²) >= 11 is 2.67. The molecule has 0 saturated carbocycles. The zero-order valence-corrected chi connectivity index (χ0v) is 19.5. The highest BCUT2D eigenvalue weighted by atomic mass is 32.2. The molecule has 4 aromatic rings. The van der Waals surface area contributed by atoms with Gasteiger partial charge in [0.1, 0.15) is 15.8 Å². The number of hydrogen-bond donors (Lipinski definition) is 0. The van der Waals surface area contributed by atoms with Crippen LogP contribution in [-0.2, 0) is 32.6 Å². The van der Waals surface area contributed by atoms with Crippen LogP contribution in [0, 0.1) is 0 Å². The highest BCUT2D eigenvalue weighted by Gasteiger charge is 2.38. The predicted octanol–water partition coefficient (Wildman–Crippen LogP) is 4.78. The van der Waals surface area contributed by atoms with Crippen LogP contribution in [0.25, 0.3) is 10.2 Å². The number of thiazole rings is 1. The average Bonchev–Trinajstić information content (AvgIpc) is 3.48. The van der Waals surface area contributed by atoms with E-state index in [1.165, 1.54) is 27.0 Å². The van der Waals surface area contributed by atoms with Crippen LogP contribution in [0.2, 0.25) is 0 Å². The van der Waals surface area contributed by atoms with Crippen LogP contribution in [0.4, 0.5) is 0 Å². The monoisotopic (exact) mass is 484 g/mol. The van der Waals surface area contributed by atoms with E-state index in [1.54, 1.807) is 17.5 Å². The van der Waals surface area contributed by atoms with Gasteiger partial charge in [0.25, 0.3) is 10.0 Å². The second-order valence-corrected chi connectivity index (χ2v) is 11.6. The molecule has 0 amide bonds. The van der Waals surface area contributed by atoms with E-state index < -0.39 is 22.0 Å². The van der Waals surface area contributed by atoms with Crippen LogP contribution in [0.3, 0.4) is 0 Å². The Morgan fingerprint density at radius 1 is 1.09 bits per heavy atom. The first-order valence-corrected chi connectivity index (χ1v) is 13.3. The van der Waals surface area contributed by atoms with Crippen LogP contribution in [0.15, 0.2) is 70.3 Å². The maximum atomic E-state index is 13.3. The number of nitrogens with zero attached hydrogens (tertiary/aromatic N) is 2. The highest BCUT2D eigenvalue weighted by molar-refractivity contribution is 7.91. The molecule has 2 aromatic heterocycles. The molecule has 164 valence electrons. The van der Waals surface area contributed by atoms with Crippen LogP contribution in [0.1, 0.15) is 28.6 Å². The molecule has 1 aliphatic heterocycles. The first kappa shape index (κ1) is 21.3. The van der Waals surface area contributed by atoms with E-state index in [0.29, 0.717) is 18.0 Å². The largest absolute Gasteiger partial charge is 0.458 e. The zero-order chi connectivity index (χ0) is 22.1. The number of benzene rings is 2. The minimum atomic E-state index is -3.71.